The van der Waals surface area contributed by atoms with E-state index in [0.29, 0.717) is 10.9 Å². The van der Waals surface area contributed by atoms with Crippen LogP contribution in [0, 0.1) is 0 Å². The maximum absolute atomic E-state index is 10.2. The molecule has 4 nitrogen and oxygen atoms in total. The highest BCUT2D eigenvalue weighted by atomic mass is 16.4. The van der Waals surface area contributed by atoms with Crippen LogP contribution in [0.3, 0.4) is 0 Å². The fourth-order valence-electron chi connectivity index (χ4n) is 6.52. The summed E-state index contributed by atoms with van der Waals surface area (Å²) >= 11 is 0. The van der Waals surface area contributed by atoms with Gasteiger partial charge in [-0.05, 0) is 77.4 Å². The van der Waals surface area contributed by atoms with Gasteiger partial charge in [-0.15, -0.1) is 0 Å². The van der Waals surface area contributed by atoms with Crippen molar-refractivity contribution in [2.45, 2.75) is 57.8 Å². The van der Waals surface area contributed by atoms with Crippen LogP contribution in [-0.4, -0.2) is 34.3 Å². The third kappa shape index (κ3) is 3.70. The largest absolute Gasteiger partial charge is 0.488 e. The van der Waals surface area contributed by atoms with E-state index in [2.05, 4.69) is 77.9 Å². The highest BCUT2D eigenvalue weighted by Crippen LogP contribution is 2.63. The SMILES string of the molecule is CC(C)(C)c1ccc2c(c1)C1(c3cc(B(O)O)ccc3-c3ccc(B(O)O)cc31)c1cc(C(C)(C)C)ccc1-2. The van der Waals surface area contributed by atoms with Crippen LogP contribution >= 0.6 is 0 Å². The summed E-state index contributed by atoms with van der Waals surface area (Å²) in [6, 6.07) is 24.7. The van der Waals surface area contributed by atoms with Gasteiger partial charge in [-0.2, -0.15) is 0 Å². The summed E-state index contributed by atoms with van der Waals surface area (Å²) in [6.45, 7) is 13.2. The van der Waals surface area contributed by atoms with E-state index >= 15 is 0 Å². The lowest BCUT2D eigenvalue weighted by Crippen LogP contribution is -2.35. The van der Waals surface area contributed by atoms with Crippen molar-refractivity contribution < 1.29 is 20.1 Å². The fourth-order valence-corrected chi connectivity index (χ4v) is 6.52. The van der Waals surface area contributed by atoms with Gasteiger partial charge in [-0.3, -0.25) is 0 Å². The van der Waals surface area contributed by atoms with Crippen molar-refractivity contribution in [1.29, 1.82) is 0 Å². The summed E-state index contributed by atoms with van der Waals surface area (Å²) in [5.74, 6) is 0. The molecule has 4 N–H and O–H groups in total. The quantitative estimate of drug-likeness (QED) is 0.263. The van der Waals surface area contributed by atoms with Gasteiger partial charge >= 0.3 is 14.2 Å². The molecule has 4 aromatic rings. The number of hydrogen-bond donors (Lipinski definition) is 4. The van der Waals surface area contributed by atoms with Crippen LogP contribution in [-0.2, 0) is 16.2 Å². The van der Waals surface area contributed by atoms with Gasteiger partial charge in [-0.25, -0.2) is 0 Å². The van der Waals surface area contributed by atoms with E-state index in [1.807, 2.05) is 24.3 Å². The molecule has 0 saturated carbocycles. The van der Waals surface area contributed by atoms with Gasteiger partial charge < -0.3 is 20.1 Å². The van der Waals surface area contributed by atoms with E-state index in [1.165, 1.54) is 11.1 Å². The van der Waals surface area contributed by atoms with E-state index in [-0.39, 0.29) is 10.8 Å². The summed E-state index contributed by atoms with van der Waals surface area (Å²) in [5, 5.41) is 40.8. The highest BCUT2D eigenvalue weighted by molar-refractivity contribution is 6.59. The standard InChI is InChI=1S/C33H34B2O4/c1-31(2,3)19-7-11-23-24-12-8-20(32(4,5)6)16-28(24)33(27(23)15-19)29-17-21(34(36)37)9-13-25(29)26-14-10-22(35(38)39)18-30(26)33/h7-18,36-39H,1-6H3. The molecule has 6 heteroatoms. The van der Waals surface area contributed by atoms with Crippen LogP contribution in [0.2, 0.25) is 0 Å². The van der Waals surface area contributed by atoms with Crippen LogP contribution in [0.5, 0.6) is 0 Å². The molecule has 0 aliphatic heterocycles. The second-order valence-electron chi connectivity index (χ2n) is 13.1. The summed E-state index contributed by atoms with van der Waals surface area (Å²) in [7, 11) is -3.21. The monoisotopic (exact) mass is 516 g/mol. The molecule has 2 aliphatic carbocycles. The number of hydrogen-bond acceptors (Lipinski definition) is 4. The Morgan fingerprint density at radius 3 is 1.08 bits per heavy atom. The predicted octanol–water partition coefficient (Wildman–Crippen LogP) is 3.98. The molecule has 0 unspecified atom stereocenters. The minimum Gasteiger partial charge on any atom is -0.423 e. The molecule has 0 atom stereocenters. The second-order valence-corrected chi connectivity index (χ2v) is 13.1. The molecule has 0 saturated heterocycles. The zero-order chi connectivity index (χ0) is 28.1. The fraction of sp³-hybridized carbons (Fsp3) is 0.273. The molecule has 0 bridgehead atoms. The Bertz CT molecular complexity index is 1520. The second kappa shape index (κ2) is 8.42. The maximum atomic E-state index is 10.2. The third-order valence-electron chi connectivity index (χ3n) is 8.65. The van der Waals surface area contributed by atoms with Gasteiger partial charge in [0, 0.05) is 0 Å². The van der Waals surface area contributed by atoms with Gasteiger partial charge in [0.25, 0.3) is 0 Å². The van der Waals surface area contributed by atoms with Crippen molar-refractivity contribution in [1.82, 2.24) is 0 Å². The molecule has 196 valence electrons. The molecule has 4 aromatic carbocycles. The summed E-state index contributed by atoms with van der Waals surface area (Å²) < 4.78 is 0. The molecule has 0 aromatic heterocycles. The van der Waals surface area contributed by atoms with Gasteiger partial charge in [0.2, 0.25) is 0 Å². The molecular weight excluding hydrogens is 482 g/mol. The van der Waals surface area contributed by atoms with Crippen LogP contribution in [0.1, 0.15) is 74.9 Å². The molecule has 6 rings (SSSR count). The molecule has 0 radical (unpaired) electrons. The van der Waals surface area contributed by atoms with E-state index in [0.717, 1.165) is 44.5 Å². The van der Waals surface area contributed by atoms with Crippen molar-refractivity contribution in [3.63, 3.8) is 0 Å². The summed E-state index contributed by atoms with van der Waals surface area (Å²) in [4.78, 5) is 0. The lowest BCUT2D eigenvalue weighted by molar-refractivity contribution is 0.424. The summed E-state index contributed by atoms with van der Waals surface area (Å²) in [5.41, 5.74) is 10.9. The van der Waals surface area contributed by atoms with Crippen molar-refractivity contribution in [2.24, 2.45) is 0 Å². The van der Waals surface area contributed by atoms with Crippen LogP contribution in [0.15, 0.2) is 72.8 Å². The van der Waals surface area contributed by atoms with Crippen molar-refractivity contribution >= 4 is 25.2 Å². The van der Waals surface area contributed by atoms with Gasteiger partial charge in [0.05, 0.1) is 5.41 Å². The molecule has 0 heterocycles. The Morgan fingerprint density at radius 2 is 0.769 bits per heavy atom. The molecule has 0 fully saturated rings. The molecule has 0 amide bonds. The van der Waals surface area contributed by atoms with E-state index in [1.54, 1.807) is 12.1 Å². The first-order chi connectivity index (χ1) is 18.2. The normalized spacial score (nSPS) is 14.6. The van der Waals surface area contributed by atoms with Gasteiger partial charge in [-0.1, -0.05) is 114 Å². The van der Waals surface area contributed by atoms with Crippen LogP contribution < -0.4 is 10.9 Å². The average Bonchev–Trinajstić information content (AvgIpc) is 3.33. The van der Waals surface area contributed by atoms with E-state index in [9.17, 15) is 20.1 Å². The first-order valence-corrected chi connectivity index (χ1v) is 13.6. The zero-order valence-electron chi connectivity index (χ0n) is 23.4. The molecular formula is C33H34B2O4. The van der Waals surface area contributed by atoms with E-state index < -0.39 is 19.7 Å². The lowest BCUT2D eigenvalue weighted by Gasteiger charge is -2.33. The Kier molecular flexibility index (Phi) is 5.64. The minimum absolute atomic E-state index is 0.0852. The highest BCUT2D eigenvalue weighted by Gasteiger charge is 2.52. The Hall–Kier alpha value is -3.15. The van der Waals surface area contributed by atoms with E-state index in [4.69, 9.17) is 0 Å². The molecule has 39 heavy (non-hydrogen) atoms. The first kappa shape index (κ1) is 26.1. The van der Waals surface area contributed by atoms with Crippen LogP contribution in [0.25, 0.3) is 22.3 Å². The number of rotatable bonds is 2. The smallest absolute Gasteiger partial charge is 0.423 e. The van der Waals surface area contributed by atoms with Crippen molar-refractivity contribution in [2.75, 3.05) is 0 Å². The maximum Gasteiger partial charge on any atom is 0.488 e. The number of benzene rings is 4. The van der Waals surface area contributed by atoms with Crippen molar-refractivity contribution in [3.05, 3.63) is 106 Å². The minimum atomic E-state index is -1.60. The Balaban J connectivity index is 1.82. The van der Waals surface area contributed by atoms with Crippen molar-refractivity contribution in [3.8, 4) is 22.3 Å². The topological polar surface area (TPSA) is 80.9 Å². The third-order valence-corrected chi connectivity index (χ3v) is 8.65. The Morgan fingerprint density at radius 1 is 0.462 bits per heavy atom. The Labute approximate surface area is 231 Å². The molecule has 1 spiro atoms. The average molecular weight is 516 g/mol. The van der Waals surface area contributed by atoms with Gasteiger partial charge in [0.1, 0.15) is 0 Å². The van der Waals surface area contributed by atoms with Gasteiger partial charge in [0.15, 0.2) is 0 Å². The van der Waals surface area contributed by atoms with Crippen LogP contribution in [0.4, 0.5) is 0 Å². The molecule has 2 aliphatic rings. The number of fused-ring (bicyclic) bond motifs is 10. The predicted molar refractivity (Wildman–Crippen MR) is 160 cm³/mol. The zero-order valence-corrected chi connectivity index (χ0v) is 23.4. The lowest BCUT2D eigenvalue weighted by atomic mass is 9.66. The summed E-state index contributed by atoms with van der Waals surface area (Å²) in [6.07, 6.45) is 0. The first-order valence-electron chi connectivity index (χ1n) is 13.6.